The molecule has 0 fully saturated rings. The molecule has 0 aliphatic carbocycles. The third-order valence-electron chi connectivity index (χ3n) is 3.00. The van der Waals surface area contributed by atoms with E-state index in [9.17, 15) is 18.4 Å². The Hall–Kier alpha value is -2.47. The van der Waals surface area contributed by atoms with Gasteiger partial charge in [-0.25, -0.2) is 8.78 Å². The molecule has 23 heavy (non-hydrogen) atoms. The van der Waals surface area contributed by atoms with Crippen molar-refractivity contribution < 1.29 is 18.4 Å². The molecule has 0 aliphatic heterocycles. The molecular formula is C16H13ClF2N2O2. The normalized spacial score (nSPS) is 10.2. The number of nitrogens with one attached hydrogen (secondary N) is 2. The Kier molecular flexibility index (Phi) is 5.65. The number of carbonyl (C=O) groups excluding carboxylic acids is 2. The van der Waals surface area contributed by atoms with Crippen molar-refractivity contribution in [2.45, 2.75) is 6.42 Å². The standard InChI is InChI=1S/C16H13ClF2N2O2/c17-11-3-1-10(2-4-11)7-8-20-15(22)16(23)21-12-5-6-13(18)14(19)9-12/h1-6,9H,7-8H2,(H,20,22)(H,21,23). The highest BCUT2D eigenvalue weighted by Gasteiger charge is 2.14. The SMILES string of the molecule is O=C(NCCc1ccc(Cl)cc1)C(=O)Nc1ccc(F)c(F)c1. The molecule has 2 N–H and O–H groups in total. The number of rotatable bonds is 4. The summed E-state index contributed by atoms with van der Waals surface area (Å²) in [6.07, 6.45) is 0.529. The van der Waals surface area contributed by atoms with E-state index in [4.69, 9.17) is 11.6 Å². The summed E-state index contributed by atoms with van der Waals surface area (Å²) in [4.78, 5) is 23.3. The molecule has 0 saturated carbocycles. The Labute approximate surface area is 136 Å². The van der Waals surface area contributed by atoms with Crippen molar-refractivity contribution in [1.29, 1.82) is 0 Å². The number of amides is 2. The van der Waals surface area contributed by atoms with E-state index in [0.717, 1.165) is 23.8 Å². The maximum absolute atomic E-state index is 13.0. The Morgan fingerprint density at radius 1 is 0.957 bits per heavy atom. The first-order chi connectivity index (χ1) is 11.0. The molecule has 0 unspecified atom stereocenters. The highest BCUT2D eigenvalue weighted by Crippen LogP contribution is 2.13. The minimum atomic E-state index is -1.11. The van der Waals surface area contributed by atoms with Crippen LogP contribution in [0.5, 0.6) is 0 Å². The van der Waals surface area contributed by atoms with Crippen molar-refractivity contribution in [3.05, 3.63) is 64.7 Å². The number of hydrogen-bond donors (Lipinski definition) is 2. The van der Waals surface area contributed by atoms with Gasteiger partial charge in [0.1, 0.15) is 0 Å². The van der Waals surface area contributed by atoms with Gasteiger partial charge in [0.05, 0.1) is 0 Å². The number of hydrogen-bond acceptors (Lipinski definition) is 2. The van der Waals surface area contributed by atoms with Gasteiger partial charge in [0, 0.05) is 23.3 Å². The third-order valence-corrected chi connectivity index (χ3v) is 3.25. The average molecular weight is 339 g/mol. The monoisotopic (exact) mass is 338 g/mol. The summed E-state index contributed by atoms with van der Waals surface area (Å²) in [5.74, 6) is -3.95. The molecule has 0 aromatic heterocycles. The number of halogens is 3. The summed E-state index contributed by atoms with van der Waals surface area (Å²) in [6.45, 7) is 0.256. The molecule has 0 radical (unpaired) electrons. The zero-order chi connectivity index (χ0) is 16.8. The molecule has 2 aromatic carbocycles. The fraction of sp³-hybridized carbons (Fsp3) is 0.125. The van der Waals surface area contributed by atoms with Gasteiger partial charge in [0.25, 0.3) is 0 Å². The highest BCUT2D eigenvalue weighted by atomic mass is 35.5. The fourth-order valence-electron chi connectivity index (χ4n) is 1.81. The maximum Gasteiger partial charge on any atom is 0.313 e. The quantitative estimate of drug-likeness (QED) is 0.842. The van der Waals surface area contributed by atoms with Crippen LogP contribution in [0, 0.1) is 11.6 Å². The molecule has 0 aliphatic rings. The number of benzene rings is 2. The van der Waals surface area contributed by atoms with E-state index in [0.29, 0.717) is 11.4 Å². The van der Waals surface area contributed by atoms with Gasteiger partial charge in [-0.3, -0.25) is 9.59 Å². The van der Waals surface area contributed by atoms with Crippen LogP contribution in [0.1, 0.15) is 5.56 Å². The molecule has 0 bridgehead atoms. The Balaban J connectivity index is 1.81. The lowest BCUT2D eigenvalue weighted by Gasteiger charge is -2.07. The molecular weight excluding hydrogens is 326 g/mol. The van der Waals surface area contributed by atoms with Crippen LogP contribution >= 0.6 is 11.6 Å². The molecule has 0 spiro atoms. The lowest BCUT2D eigenvalue weighted by Crippen LogP contribution is -2.36. The van der Waals surface area contributed by atoms with Crippen molar-refractivity contribution in [2.24, 2.45) is 0 Å². The van der Waals surface area contributed by atoms with Crippen molar-refractivity contribution in [3.63, 3.8) is 0 Å². The van der Waals surface area contributed by atoms with Crippen LogP contribution in [-0.2, 0) is 16.0 Å². The van der Waals surface area contributed by atoms with E-state index in [1.165, 1.54) is 0 Å². The second-order valence-electron chi connectivity index (χ2n) is 4.72. The summed E-state index contributed by atoms with van der Waals surface area (Å²) in [5, 5.41) is 5.25. The fourth-order valence-corrected chi connectivity index (χ4v) is 1.94. The molecule has 7 heteroatoms. The first kappa shape index (κ1) is 16.9. The van der Waals surface area contributed by atoms with Crippen molar-refractivity contribution in [3.8, 4) is 0 Å². The van der Waals surface area contributed by atoms with E-state index in [2.05, 4.69) is 10.6 Å². The minimum Gasteiger partial charge on any atom is -0.347 e. The van der Waals surface area contributed by atoms with Gasteiger partial charge in [-0.05, 0) is 36.2 Å². The van der Waals surface area contributed by atoms with Crippen molar-refractivity contribution in [1.82, 2.24) is 5.32 Å². The summed E-state index contributed by atoms with van der Waals surface area (Å²) >= 11 is 5.76. The van der Waals surface area contributed by atoms with Crippen LogP contribution in [0.15, 0.2) is 42.5 Å². The summed E-state index contributed by atoms with van der Waals surface area (Å²) in [6, 6.07) is 9.92. The molecule has 0 atom stereocenters. The Morgan fingerprint density at radius 2 is 1.65 bits per heavy atom. The maximum atomic E-state index is 13.0. The first-order valence-electron chi connectivity index (χ1n) is 6.74. The predicted octanol–water partition coefficient (Wildman–Crippen LogP) is 2.92. The summed E-state index contributed by atoms with van der Waals surface area (Å²) in [7, 11) is 0. The van der Waals surface area contributed by atoms with Crippen LogP contribution in [0.3, 0.4) is 0 Å². The Bertz CT molecular complexity index is 721. The molecule has 2 aromatic rings. The average Bonchev–Trinajstić information content (AvgIpc) is 2.52. The molecule has 2 rings (SSSR count). The highest BCUT2D eigenvalue weighted by molar-refractivity contribution is 6.39. The van der Waals surface area contributed by atoms with Gasteiger partial charge in [0.15, 0.2) is 11.6 Å². The van der Waals surface area contributed by atoms with Crippen molar-refractivity contribution in [2.75, 3.05) is 11.9 Å². The largest absolute Gasteiger partial charge is 0.347 e. The van der Waals surface area contributed by atoms with Gasteiger partial charge in [-0.1, -0.05) is 23.7 Å². The smallest absolute Gasteiger partial charge is 0.313 e. The van der Waals surface area contributed by atoms with Gasteiger partial charge < -0.3 is 10.6 Å². The second-order valence-corrected chi connectivity index (χ2v) is 5.15. The van der Waals surface area contributed by atoms with Crippen LogP contribution in [-0.4, -0.2) is 18.4 Å². The van der Waals surface area contributed by atoms with Crippen LogP contribution in [0.25, 0.3) is 0 Å². The van der Waals surface area contributed by atoms with E-state index in [1.54, 1.807) is 12.1 Å². The van der Waals surface area contributed by atoms with Gasteiger partial charge >= 0.3 is 11.8 Å². The van der Waals surface area contributed by atoms with E-state index >= 15 is 0 Å². The van der Waals surface area contributed by atoms with Gasteiger partial charge in [-0.2, -0.15) is 0 Å². The molecule has 2 amide bonds. The zero-order valence-corrected chi connectivity index (χ0v) is 12.7. The van der Waals surface area contributed by atoms with Crippen LogP contribution in [0.2, 0.25) is 5.02 Å². The number of carbonyl (C=O) groups is 2. The molecule has 0 heterocycles. The van der Waals surface area contributed by atoms with Crippen molar-refractivity contribution >= 4 is 29.1 Å². The number of anilines is 1. The lowest BCUT2D eigenvalue weighted by atomic mass is 10.1. The lowest BCUT2D eigenvalue weighted by molar-refractivity contribution is -0.136. The van der Waals surface area contributed by atoms with Gasteiger partial charge in [-0.15, -0.1) is 0 Å². The molecule has 4 nitrogen and oxygen atoms in total. The van der Waals surface area contributed by atoms with Gasteiger partial charge in [0.2, 0.25) is 0 Å². The first-order valence-corrected chi connectivity index (χ1v) is 7.12. The summed E-state index contributed by atoms with van der Waals surface area (Å²) in [5.41, 5.74) is 0.956. The second kappa shape index (κ2) is 7.69. The molecule has 0 saturated heterocycles. The minimum absolute atomic E-state index is 0.00162. The topological polar surface area (TPSA) is 58.2 Å². The van der Waals surface area contributed by atoms with E-state index < -0.39 is 23.4 Å². The van der Waals surface area contributed by atoms with E-state index in [1.807, 2.05) is 12.1 Å². The Morgan fingerprint density at radius 3 is 2.30 bits per heavy atom. The zero-order valence-electron chi connectivity index (χ0n) is 11.9. The molecule has 120 valence electrons. The third kappa shape index (κ3) is 5.03. The van der Waals surface area contributed by atoms with E-state index in [-0.39, 0.29) is 12.2 Å². The predicted molar refractivity (Wildman–Crippen MR) is 83.2 cm³/mol. The van der Waals surface area contributed by atoms with Crippen LogP contribution in [0.4, 0.5) is 14.5 Å². The van der Waals surface area contributed by atoms with Crippen LogP contribution < -0.4 is 10.6 Å². The summed E-state index contributed by atoms with van der Waals surface area (Å²) < 4.78 is 25.8.